The maximum absolute atomic E-state index is 12.2. The molecule has 1 N–H and O–H groups in total. The van der Waals surface area contributed by atoms with Crippen molar-refractivity contribution in [3.8, 4) is 6.07 Å². The lowest BCUT2D eigenvalue weighted by Crippen LogP contribution is -2.26. The molecule has 1 atom stereocenters. The molecule has 3 nitrogen and oxygen atoms in total. The topological polar surface area (TPSA) is 52.9 Å². The average molecular weight is 296 g/mol. The molecule has 0 spiro atoms. The molecule has 0 heterocycles. The third-order valence-corrected chi connectivity index (χ3v) is 3.96. The van der Waals surface area contributed by atoms with Gasteiger partial charge in [0, 0.05) is 10.5 Å². The summed E-state index contributed by atoms with van der Waals surface area (Å²) >= 11 is 1.69. The molecule has 106 valence electrons. The van der Waals surface area contributed by atoms with Crippen LogP contribution in [-0.4, -0.2) is 12.2 Å². The second-order valence-electron chi connectivity index (χ2n) is 4.66. The first-order chi connectivity index (χ1) is 10.1. The number of benzene rings is 2. The largest absolute Gasteiger partial charge is 0.346 e. The van der Waals surface area contributed by atoms with E-state index in [0.717, 1.165) is 5.56 Å². The molecule has 0 aromatic heterocycles. The summed E-state index contributed by atoms with van der Waals surface area (Å²) in [4.78, 5) is 13.4. The van der Waals surface area contributed by atoms with Gasteiger partial charge in [-0.1, -0.05) is 18.2 Å². The Balaban J connectivity index is 2.09. The fourth-order valence-corrected chi connectivity index (χ4v) is 2.39. The lowest BCUT2D eigenvalue weighted by Gasteiger charge is -2.15. The molecule has 0 aliphatic rings. The molecule has 0 saturated carbocycles. The van der Waals surface area contributed by atoms with Crippen molar-refractivity contribution in [3.05, 3.63) is 65.2 Å². The molecule has 0 radical (unpaired) electrons. The van der Waals surface area contributed by atoms with Gasteiger partial charge in [-0.2, -0.15) is 5.26 Å². The van der Waals surface area contributed by atoms with Gasteiger partial charge in [-0.15, -0.1) is 11.8 Å². The van der Waals surface area contributed by atoms with Crippen LogP contribution in [0.25, 0.3) is 0 Å². The Kier molecular flexibility index (Phi) is 5.02. The van der Waals surface area contributed by atoms with Crippen LogP contribution in [0.4, 0.5) is 0 Å². The van der Waals surface area contributed by atoms with Crippen molar-refractivity contribution in [1.29, 1.82) is 5.26 Å². The second kappa shape index (κ2) is 6.96. The number of carbonyl (C=O) groups is 1. The molecule has 0 saturated heterocycles. The third kappa shape index (κ3) is 3.87. The van der Waals surface area contributed by atoms with Crippen LogP contribution in [0.2, 0.25) is 0 Å². The zero-order valence-corrected chi connectivity index (χ0v) is 12.8. The molecule has 0 bridgehead atoms. The molecule has 2 aromatic carbocycles. The Hall–Kier alpha value is -2.25. The summed E-state index contributed by atoms with van der Waals surface area (Å²) in [5, 5.41) is 11.8. The molecule has 0 aliphatic carbocycles. The van der Waals surface area contributed by atoms with Crippen molar-refractivity contribution in [3.63, 3.8) is 0 Å². The van der Waals surface area contributed by atoms with E-state index in [0.29, 0.717) is 11.1 Å². The number of amides is 1. The zero-order valence-electron chi connectivity index (χ0n) is 12.0. The van der Waals surface area contributed by atoms with Gasteiger partial charge >= 0.3 is 0 Å². The van der Waals surface area contributed by atoms with Gasteiger partial charge in [-0.05, 0) is 49.1 Å². The molecule has 1 amide bonds. The van der Waals surface area contributed by atoms with Crippen molar-refractivity contribution in [2.24, 2.45) is 0 Å². The van der Waals surface area contributed by atoms with Crippen LogP contribution in [0.3, 0.4) is 0 Å². The van der Waals surface area contributed by atoms with Crippen LogP contribution in [0.5, 0.6) is 0 Å². The van der Waals surface area contributed by atoms with Gasteiger partial charge in [0.25, 0.3) is 5.91 Å². The number of thioether (sulfide) groups is 1. The quantitative estimate of drug-likeness (QED) is 0.874. The number of nitriles is 1. The van der Waals surface area contributed by atoms with Crippen molar-refractivity contribution < 1.29 is 4.79 Å². The molecule has 4 heteroatoms. The summed E-state index contributed by atoms with van der Waals surface area (Å²) in [6.45, 7) is 1.94. The van der Waals surface area contributed by atoms with Gasteiger partial charge in [0.1, 0.15) is 0 Å². The van der Waals surface area contributed by atoms with Gasteiger partial charge in [0.05, 0.1) is 17.7 Å². The Morgan fingerprint density at radius 3 is 2.57 bits per heavy atom. The average Bonchev–Trinajstić information content (AvgIpc) is 2.54. The summed E-state index contributed by atoms with van der Waals surface area (Å²) < 4.78 is 0. The van der Waals surface area contributed by atoms with E-state index in [1.54, 1.807) is 36.0 Å². The summed E-state index contributed by atoms with van der Waals surface area (Å²) in [6, 6.07) is 16.8. The molecule has 2 rings (SSSR count). The molecule has 2 aromatic rings. The molecule has 0 unspecified atom stereocenters. The number of hydrogen-bond acceptors (Lipinski definition) is 3. The van der Waals surface area contributed by atoms with E-state index < -0.39 is 0 Å². The van der Waals surface area contributed by atoms with E-state index in [9.17, 15) is 4.79 Å². The first kappa shape index (κ1) is 15.1. The molecular weight excluding hydrogens is 280 g/mol. The van der Waals surface area contributed by atoms with E-state index in [2.05, 4.69) is 5.32 Å². The van der Waals surface area contributed by atoms with Gasteiger partial charge in [0.2, 0.25) is 0 Å². The predicted octanol–water partition coefficient (Wildman–Crippen LogP) is 3.77. The molecule has 0 fully saturated rings. The van der Waals surface area contributed by atoms with E-state index in [1.165, 1.54) is 4.90 Å². The summed E-state index contributed by atoms with van der Waals surface area (Å²) in [7, 11) is 0. The molecule has 21 heavy (non-hydrogen) atoms. The van der Waals surface area contributed by atoms with Crippen molar-refractivity contribution in [1.82, 2.24) is 5.32 Å². The van der Waals surface area contributed by atoms with Gasteiger partial charge in [-0.3, -0.25) is 4.79 Å². The van der Waals surface area contributed by atoms with Gasteiger partial charge < -0.3 is 5.32 Å². The van der Waals surface area contributed by atoms with E-state index >= 15 is 0 Å². The zero-order chi connectivity index (χ0) is 15.2. The second-order valence-corrected chi connectivity index (χ2v) is 5.54. The monoisotopic (exact) mass is 296 g/mol. The molecular formula is C17H16N2OS. The van der Waals surface area contributed by atoms with Crippen LogP contribution < -0.4 is 5.32 Å². The Morgan fingerprint density at radius 1 is 1.24 bits per heavy atom. The highest BCUT2D eigenvalue weighted by Crippen LogP contribution is 2.19. The highest BCUT2D eigenvalue weighted by atomic mass is 32.2. The predicted molar refractivity (Wildman–Crippen MR) is 85.3 cm³/mol. The van der Waals surface area contributed by atoms with Crippen LogP contribution in [0.1, 0.15) is 34.5 Å². The molecule has 0 aliphatic heterocycles. The van der Waals surface area contributed by atoms with Gasteiger partial charge in [-0.25, -0.2) is 0 Å². The minimum absolute atomic E-state index is 0.0841. The summed E-state index contributed by atoms with van der Waals surface area (Å²) in [5.74, 6) is -0.173. The Bertz CT molecular complexity index is 674. The van der Waals surface area contributed by atoms with Crippen molar-refractivity contribution >= 4 is 17.7 Å². The number of nitrogens with one attached hydrogen (secondary N) is 1. The number of nitrogens with zero attached hydrogens (tertiary/aromatic N) is 1. The third-order valence-electron chi connectivity index (χ3n) is 3.22. The lowest BCUT2D eigenvalue weighted by atomic mass is 10.1. The van der Waals surface area contributed by atoms with E-state index in [-0.39, 0.29) is 11.9 Å². The SMILES string of the molecule is CSc1ccc([C@@H](C)NC(=O)c2cccc(C#N)c2)cc1. The van der Waals surface area contributed by atoms with Crippen LogP contribution >= 0.6 is 11.8 Å². The van der Waals surface area contributed by atoms with Crippen LogP contribution in [-0.2, 0) is 0 Å². The van der Waals surface area contributed by atoms with E-state index in [1.807, 2.05) is 43.5 Å². The van der Waals surface area contributed by atoms with E-state index in [4.69, 9.17) is 5.26 Å². The van der Waals surface area contributed by atoms with Crippen LogP contribution in [0, 0.1) is 11.3 Å². The van der Waals surface area contributed by atoms with Crippen LogP contribution in [0.15, 0.2) is 53.4 Å². The van der Waals surface area contributed by atoms with Crippen molar-refractivity contribution in [2.45, 2.75) is 17.9 Å². The smallest absolute Gasteiger partial charge is 0.251 e. The highest BCUT2D eigenvalue weighted by molar-refractivity contribution is 7.98. The normalized spacial score (nSPS) is 11.5. The minimum Gasteiger partial charge on any atom is -0.346 e. The first-order valence-corrected chi connectivity index (χ1v) is 7.81. The number of carbonyl (C=O) groups excluding carboxylic acids is 1. The number of rotatable bonds is 4. The maximum Gasteiger partial charge on any atom is 0.251 e. The summed E-state index contributed by atoms with van der Waals surface area (Å²) in [5.41, 5.74) is 2.04. The summed E-state index contributed by atoms with van der Waals surface area (Å²) in [6.07, 6.45) is 2.03. The number of hydrogen-bond donors (Lipinski definition) is 1. The highest BCUT2D eigenvalue weighted by Gasteiger charge is 2.11. The first-order valence-electron chi connectivity index (χ1n) is 6.59. The maximum atomic E-state index is 12.2. The standard InChI is InChI=1S/C17H16N2OS/c1-12(14-6-8-16(21-2)9-7-14)19-17(20)15-5-3-4-13(10-15)11-18/h3-10,12H,1-2H3,(H,19,20)/t12-/m1/s1. The fourth-order valence-electron chi connectivity index (χ4n) is 1.99. The Labute approximate surface area is 129 Å². The minimum atomic E-state index is -0.173. The lowest BCUT2D eigenvalue weighted by molar-refractivity contribution is 0.0940. The van der Waals surface area contributed by atoms with Crippen molar-refractivity contribution in [2.75, 3.05) is 6.26 Å². The Morgan fingerprint density at radius 2 is 1.95 bits per heavy atom. The fraction of sp³-hybridized carbons (Fsp3) is 0.176. The van der Waals surface area contributed by atoms with Gasteiger partial charge in [0.15, 0.2) is 0 Å².